The van der Waals surface area contributed by atoms with E-state index in [1.165, 1.54) is 0 Å². The SMILES string of the molecule is CS(=O)(=O)OC(O)(C#CCO)OS(C)(=O)=O. The monoisotopic (exact) mass is 274 g/mol. The van der Waals surface area contributed by atoms with E-state index < -0.39 is 32.8 Å². The lowest BCUT2D eigenvalue weighted by atomic mass is 10.5. The molecule has 0 saturated heterocycles. The number of rotatable bonds is 4. The number of aliphatic hydroxyl groups is 2. The minimum atomic E-state index is -4.21. The summed E-state index contributed by atoms with van der Waals surface area (Å²) in [6, 6.07) is 0. The summed E-state index contributed by atoms with van der Waals surface area (Å²) in [7, 11) is -8.42. The van der Waals surface area contributed by atoms with Crippen LogP contribution in [0.1, 0.15) is 0 Å². The predicted molar refractivity (Wildman–Crippen MR) is 51.7 cm³/mol. The lowest BCUT2D eigenvalue weighted by Gasteiger charge is -2.18. The van der Waals surface area contributed by atoms with Gasteiger partial charge in [0.15, 0.2) is 0 Å². The van der Waals surface area contributed by atoms with Gasteiger partial charge in [0.2, 0.25) is 0 Å². The zero-order chi connectivity index (χ0) is 13.0. The quantitative estimate of drug-likeness (QED) is 0.329. The van der Waals surface area contributed by atoms with Gasteiger partial charge in [-0.15, -0.1) is 0 Å². The first-order valence-corrected chi connectivity index (χ1v) is 7.25. The van der Waals surface area contributed by atoms with Crippen molar-refractivity contribution in [2.45, 2.75) is 5.97 Å². The molecule has 0 aromatic heterocycles. The molecule has 0 fully saturated rings. The van der Waals surface area contributed by atoms with Crippen molar-refractivity contribution in [2.75, 3.05) is 19.1 Å². The van der Waals surface area contributed by atoms with E-state index in [9.17, 15) is 21.9 Å². The summed E-state index contributed by atoms with van der Waals surface area (Å²) in [5.41, 5.74) is 0. The summed E-state index contributed by atoms with van der Waals surface area (Å²) in [5, 5.41) is 17.7. The summed E-state index contributed by atoms with van der Waals surface area (Å²) in [6.45, 7) is -0.747. The fraction of sp³-hybridized carbons (Fsp3) is 0.667. The second-order valence-electron chi connectivity index (χ2n) is 2.62. The summed E-state index contributed by atoms with van der Waals surface area (Å²) >= 11 is 0. The Labute approximate surface area is 93.0 Å². The van der Waals surface area contributed by atoms with Gasteiger partial charge < -0.3 is 10.2 Å². The second-order valence-corrected chi connectivity index (χ2v) is 5.77. The number of aliphatic hydroxyl groups excluding tert-OH is 1. The molecular formula is C6H10O8S2. The first kappa shape index (κ1) is 15.3. The molecule has 8 nitrogen and oxygen atoms in total. The third-order valence-corrected chi connectivity index (χ3v) is 1.91. The molecule has 0 aliphatic carbocycles. The Morgan fingerprint density at radius 3 is 1.75 bits per heavy atom. The molecule has 0 aliphatic rings. The molecule has 10 heteroatoms. The van der Waals surface area contributed by atoms with Gasteiger partial charge in [0.25, 0.3) is 20.2 Å². The molecule has 94 valence electrons. The molecule has 0 aromatic carbocycles. The van der Waals surface area contributed by atoms with Crippen molar-refractivity contribution in [1.29, 1.82) is 0 Å². The predicted octanol–water partition coefficient (Wildman–Crippen LogP) is -2.42. The molecule has 2 N–H and O–H groups in total. The van der Waals surface area contributed by atoms with Gasteiger partial charge in [-0.2, -0.15) is 25.2 Å². The molecule has 0 spiro atoms. The highest BCUT2D eigenvalue weighted by Gasteiger charge is 2.36. The Bertz CT molecular complexity index is 456. The Kier molecular flexibility index (Phi) is 4.86. The van der Waals surface area contributed by atoms with Gasteiger partial charge >= 0.3 is 5.97 Å². The van der Waals surface area contributed by atoms with Crippen LogP contribution >= 0.6 is 0 Å². The largest absolute Gasteiger partial charge is 0.384 e. The van der Waals surface area contributed by atoms with Gasteiger partial charge in [-0.1, -0.05) is 5.92 Å². The average molecular weight is 274 g/mol. The van der Waals surface area contributed by atoms with Crippen LogP contribution in [0.4, 0.5) is 0 Å². The summed E-state index contributed by atoms with van der Waals surface area (Å²) < 4.78 is 50.7. The topological polar surface area (TPSA) is 127 Å². The molecule has 0 amide bonds. The lowest BCUT2D eigenvalue weighted by molar-refractivity contribution is -0.219. The van der Waals surface area contributed by atoms with Crippen molar-refractivity contribution in [3.05, 3.63) is 0 Å². The van der Waals surface area contributed by atoms with Crippen LogP contribution in [-0.4, -0.2) is 52.1 Å². The molecular weight excluding hydrogens is 264 g/mol. The standard InChI is InChI=1S/C6H10O8S2/c1-15(9,10)13-6(8,4-3-5-7)14-16(2,11)12/h7-8H,5H2,1-2H3. The van der Waals surface area contributed by atoms with E-state index in [4.69, 9.17) is 5.11 Å². The summed E-state index contributed by atoms with van der Waals surface area (Å²) in [6.07, 6.45) is 1.12. The van der Waals surface area contributed by atoms with Crippen LogP contribution in [-0.2, 0) is 28.6 Å². The highest BCUT2D eigenvalue weighted by molar-refractivity contribution is 7.86. The van der Waals surface area contributed by atoms with E-state index in [0.717, 1.165) is 0 Å². The molecule has 0 saturated carbocycles. The number of hydrogen-bond donors (Lipinski definition) is 2. The zero-order valence-corrected chi connectivity index (χ0v) is 10.0. The van der Waals surface area contributed by atoms with Crippen molar-refractivity contribution in [2.24, 2.45) is 0 Å². The third-order valence-electron chi connectivity index (χ3n) is 0.854. The van der Waals surface area contributed by atoms with Crippen molar-refractivity contribution >= 4 is 20.2 Å². The van der Waals surface area contributed by atoms with Gasteiger partial charge in [0.1, 0.15) is 6.61 Å². The van der Waals surface area contributed by atoms with Crippen LogP contribution in [0.3, 0.4) is 0 Å². The van der Waals surface area contributed by atoms with Crippen molar-refractivity contribution in [3.63, 3.8) is 0 Å². The maximum absolute atomic E-state index is 10.7. The fourth-order valence-electron chi connectivity index (χ4n) is 0.617. The van der Waals surface area contributed by atoms with Crippen LogP contribution in [0.5, 0.6) is 0 Å². The molecule has 0 bridgehead atoms. The molecule has 16 heavy (non-hydrogen) atoms. The molecule has 0 atom stereocenters. The van der Waals surface area contributed by atoms with Crippen LogP contribution < -0.4 is 0 Å². The van der Waals surface area contributed by atoms with E-state index in [2.05, 4.69) is 8.37 Å². The van der Waals surface area contributed by atoms with Gasteiger partial charge in [-0.05, 0) is 5.92 Å². The van der Waals surface area contributed by atoms with Gasteiger partial charge in [-0.25, -0.2) is 0 Å². The first-order chi connectivity index (χ1) is 6.97. The Hall–Kier alpha value is -0.700. The van der Waals surface area contributed by atoms with Gasteiger partial charge in [0.05, 0.1) is 12.5 Å². The lowest BCUT2D eigenvalue weighted by Crippen LogP contribution is -2.38. The molecule has 0 rings (SSSR count). The normalized spacial score (nSPS) is 13.0. The fourth-order valence-corrected chi connectivity index (χ4v) is 1.63. The van der Waals surface area contributed by atoms with Crippen molar-refractivity contribution < 1.29 is 35.4 Å². The van der Waals surface area contributed by atoms with E-state index >= 15 is 0 Å². The zero-order valence-electron chi connectivity index (χ0n) is 8.37. The average Bonchev–Trinajstić information content (AvgIpc) is 1.93. The molecule has 0 unspecified atom stereocenters. The maximum Gasteiger partial charge on any atom is 0.379 e. The van der Waals surface area contributed by atoms with Gasteiger partial charge in [0, 0.05) is 0 Å². The summed E-state index contributed by atoms with van der Waals surface area (Å²) in [5.74, 6) is 0.246. The van der Waals surface area contributed by atoms with E-state index in [1.807, 2.05) is 5.92 Å². The van der Waals surface area contributed by atoms with Crippen LogP contribution in [0, 0.1) is 11.8 Å². The Morgan fingerprint density at radius 2 is 1.50 bits per heavy atom. The second kappa shape index (κ2) is 5.09. The smallest absolute Gasteiger partial charge is 0.379 e. The maximum atomic E-state index is 10.7. The molecule has 0 aromatic rings. The van der Waals surface area contributed by atoms with E-state index in [1.54, 1.807) is 5.92 Å². The molecule has 0 heterocycles. The minimum Gasteiger partial charge on any atom is -0.384 e. The van der Waals surface area contributed by atoms with Gasteiger partial charge in [-0.3, -0.25) is 0 Å². The highest BCUT2D eigenvalue weighted by Crippen LogP contribution is 2.14. The van der Waals surface area contributed by atoms with Crippen LogP contribution in [0.2, 0.25) is 0 Å². The van der Waals surface area contributed by atoms with Crippen LogP contribution in [0.15, 0.2) is 0 Å². The summed E-state index contributed by atoms with van der Waals surface area (Å²) in [4.78, 5) is 0. The molecule has 0 aliphatic heterocycles. The Balaban J connectivity index is 5.20. The van der Waals surface area contributed by atoms with Crippen molar-refractivity contribution in [1.82, 2.24) is 0 Å². The van der Waals surface area contributed by atoms with Crippen molar-refractivity contribution in [3.8, 4) is 11.8 Å². The van der Waals surface area contributed by atoms with E-state index in [-0.39, 0.29) is 0 Å². The number of hydrogen-bond acceptors (Lipinski definition) is 8. The minimum absolute atomic E-state index is 0.560. The Morgan fingerprint density at radius 1 is 1.12 bits per heavy atom. The van der Waals surface area contributed by atoms with E-state index in [0.29, 0.717) is 12.5 Å². The highest BCUT2D eigenvalue weighted by atomic mass is 32.2. The first-order valence-electron chi connectivity index (χ1n) is 3.62. The molecule has 0 radical (unpaired) electrons. The third kappa shape index (κ3) is 7.57. The van der Waals surface area contributed by atoms with Crippen LogP contribution in [0.25, 0.3) is 0 Å².